The first-order chi connectivity index (χ1) is 9.36. The largest absolute Gasteiger partial charge is 0.309 e. The van der Waals surface area contributed by atoms with Crippen LogP contribution in [-0.2, 0) is 13.0 Å². The van der Waals surface area contributed by atoms with Crippen LogP contribution in [0, 0.1) is 0 Å². The van der Waals surface area contributed by atoms with E-state index < -0.39 is 0 Å². The van der Waals surface area contributed by atoms with Gasteiger partial charge < -0.3 is 5.32 Å². The molecule has 4 rings (SSSR count). The second-order valence-corrected chi connectivity index (χ2v) is 6.32. The van der Waals surface area contributed by atoms with E-state index >= 15 is 0 Å². The van der Waals surface area contributed by atoms with Gasteiger partial charge in [0.15, 0.2) is 4.96 Å². The molecule has 3 aromatic rings. The molecule has 0 amide bonds. The second kappa shape index (κ2) is 4.32. The van der Waals surface area contributed by atoms with Gasteiger partial charge in [-0.25, -0.2) is 4.98 Å². The van der Waals surface area contributed by atoms with Gasteiger partial charge in [-0.1, -0.05) is 36.8 Å². The van der Waals surface area contributed by atoms with Crippen molar-refractivity contribution in [3.05, 3.63) is 34.8 Å². The van der Waals surface area contributed by atoms with Crippen molar-refractivity contribution in [1.29, 1.82) is 0 Å². The highest BCUT2D eigenvalue weighted by Gasteiger charge is 2.23. The number of imidazole rings is 1. The van der Waals surface area contributed by atoms with Crippen molar-refractivity contribution >= 4 is 27.3 Å². The number of hydrogen-bond acceptors (Lipinski definition) is 3. The zero-order valence-corrected chi connectivity index (χ0v) is 11.8. The fourth-order valence-electron chi connectivity index (χ4n) is 3.07. The van der Waals surface area contributed by atoms with Crippen LogP contribution >= 0.6 is 11.3 Å². The minimum Gasteiger partial charge on any atom is -0.309 e. The molecular weight excluding hydrogens is 254 g/mol. The molecule has 1 aliphatic rings. The minimum absolute atomic E-state index is 0.622. The van der Waals surface area contributed by atoms with Gasteiger partial charge in [-0.2, -0.15) is 0 Å². The quantitative estimate of drug-likeness (QED) is 0.774. The molecule has 0 spiro atoms. The number of rotatable bonds is 2. The molecule has 1 N–H and O–H groups in total. The van der Waals surface area contributed by atoms with Crippen molar-refractivity contribution < 1.29 is 0 Å². The first kappa shape index (κ1) is 11.4. The molecule has 0 radical (unpaired) electrons. The number of para-hydroxylation sites is 2. The Hall–Kier alpha value is -1.39. The van der Waals surface area contributed by atoms with Gasteiger partial charge in [-0.3, -0.25) is 4.40 Å². The van der Waals surface area contributed by atoms with Gasteiger partial charge in [-0.05, 0) is 18.6 Å². The summed E-state index contributed by atoms with van der Waals surface area (Å²) in [7, 11) is 0. The van der Waals surface area contributed by atoms with Crippen LogP contribution < -0.4 is 5.32 Å². The predicted molar refractivity (Wildman–Crippen MR) is 79.8 cm³/mol. The topological polar surface area (TPSA) is 29.3 Å². The van der Waals surface area contributed by atoms with Crippen molar-refractivity contribution in [3.8, 4) is 0 Å². The lowest BCUT2D eigenvalue weighted by molar-refractivity contribution is 0.446. The summed E-state index contributed by atoms with van der Waals surface area (Å²) in [5.41, 5.74) is 3.85. The summed E-state index contributed by atoms with van der Waals surface area (Å²) in [4.78, 5) is 7.35. The van der Waals surface area contributed by atoms with E-state index in [1.54, 1.807) is 0 Å². The molecule has 0 saturated heterocycles. The zero-order chi connectivity index (χ0) is 12.8. The molecule has 3 nitrogen and oxygen atoms in total. The van der Waals surface area contributed by atoms with E-state index in [-0.39, 0.29) is 0 Å². The molecule has 1 atom stereocenters. The van der Waals surface area contributed by atoms with Crippen molar-refractivity contribution in [2.75, 3.05) is 0 Å². The van der Waals surface area contributed by atoms with Crippen LogP contribution in [0.15, 0.2) is 24.3 Å². The monoisotopic (exact) mass is 271 g/mol. The van der Waals surface area contributed by atoms with Crippen LogP contribution in [0.4, 0.5) is 0 Å². The third-order valence-electron chi connectivity index (χ3n) is 3.96. The number of hydrogen-bond donors (Lipinski definition) is 1. The lowest BCUT2D eigenvalue weighted by atomic mass is 10.0. The smallest absolute Gasteiger partial charge is 0.195 e. The summed E-state index contributed by atoms with van der Waals surface area (Å²) >= 11 is 1.83. The number of fused-ring (bicyclic) bond motifs is 5. The van der Waals surface area contributed by atoms with Gasteiger partial charge in [0.2, 0.25) is 0 Å². The molecule has 4 heteroatoms. The molecule has 2 aromatic heterocycles. The number of aromatic nitrogens is 2. The van der Waals surface area contributed by atoms with E-state index in [1.165, 1.54) is 28.9 Å². The SMILES string of the molecule is CCCC1Cc2c(sc3nc4ccccc4n23)CN1. The molecular formula is C15H17N3S. The molecule has 1 unspecified atom stereocenters. The van der Waals surface area contributed by atoms with Gasteiger partial charge in [0.1, 0.15) is 0 Å². The Kier molecular flexibility index (Phi) is 2.60. The fraction of sp³-hybridized carbons (Fsp3) is 0.400. The molecule has 1 aliphatic heterocycles. The highest BCUT2D eigenvalue weighted by atomic mass is 32.1. The van der Waals surface area contributed by atoms with Crippen LogP contribution in [0.1, 0.15) is 30.3 Å². The highest BCUT2D eigenvalue weighted by Crippen LogP contribution is 2.31. The predicted octanol–water partition coefficient (Wildman–Crippen LogP) is 3.36. The Morgan fingerprint density at radius 1 is 1.42 bits per heavy atom. The molecule has 19 heavy (non-hydrogen) atoms. The molecule has 0 bridgehead atoms. The van der Waals surface area contributed by atoms with E-state index in [0.717, 1.165) is 23.4 Å². The number of benzene rings is 1. The zero-order valence-electron chi connectivity index (χ0n) is 11.0. The molecule has 98 valence electrons. The summed E-state index contributed by atoms with van der Waals surface area (Å²) in [5.74, 6) is 0. The van der Waals surface area contributed by atoms with Gasteiger partial charge >= 0.3 is 0 Å². The molecule has 0 saturated carbocycles. The van der Waals surface area contributed by atoms with E-state index in [0.29, 0.717) is 6.04 Å². The van der Waals surface area contributed by atoms with Gasteiger partial charge in [0.25, 0.3) is 0 Å². The van der Waals surface area contributed by atoms with Crippen molar-refractivity contribution in [3.63, 3.8) is 0 Å². The number of nitrogens with one attached hydrogen (secondary N) is 1. The normalized spacial score (nSPS) is 19.1. The Bertz CT molecular complexity index is 740. The lowest BCUT2D eigenvalue weighted by Gasteiger charge is -2.23. The first-order valence-electron chi connectivity index (χ1n) is 6.98. The second-order valence-electron chi connectivity index (χ2n) is 5.26. The maximum atomic E-state index is 4.74. The molecule has 0 fully saturated rings. The van der Waals surface area contributed by atoms with Crippen LogP contribution in [0.2, 0.25) is 0 Å². The van der Waals surface area contributed by atoms with E-state index in [4.69, 9.17) is 4.98 Å². The summed E-state index contributed by atoms with van der Waals surface area (Å²) in [6, 6.07) is 9.07. The van der Waals surface area contributed by atoms with E-state index in [1.807, 2.05) is 11.3 Å². The highest BCUT2D eigenvalue weighted by molar-refractivity contribution is 7.17. The average molecular weight is 271 g/mol. The van der Waals surface area contributed by atoms with Crippen LogP contribution in [-0.4, -0.2) is 15.4 Å². The number of nitrogens with zero attached hydrogens (tertiary/aromatic N) is 2. The summed E-state index contributed by atoms with van der Waals surface area (Å²) < 4.78 is 2.37. The third-order valence-corrected chi connectivity index (χ3v) is 5.05. The van der Waals surface area contributed by atoms with Crippen molar-refractivity contribution in [2.45, 2.75) is 38.8 Å². The Morgan fingerprint density at radius 3 is 3.21 bits per heavy atom. The number of thiazole rings is 1. The maximum Gasteiger partial charge on any atom is 0.195 e. The van der Waals surface area contributed by atoms with Crippen LogP contribution in [0.3, 0.4) is 0 Å². The van der Waals surface area contributed by atoms with E-state index in [2.05, 4.69) is 40.9 Å². The van der Waals surface area contributed by atoms with Crippen LogP contribution in [0.5, 0.6) is 0 Å². The Morgan fingerprint density at radius 2 is 2.32 bits per heavy atom. The van der Waals surface area contributed by atoms with Gasteiger partial charge in [0.05, 0.1) is 11.0 Å². The summed E-state index contributed by atoms with van der Waals surface area (Å²) in [6.45, 7) is 3.26. The van der Waals surface area contributed by atoms with Crippen LogP contribution in [0.25, 0.3) is 16.0 Å². The summed E-state index contributed by atoms with van der Waals surface area (Å²) in [6.07, 6.45) is 3.62. The standard InChI is InChI=1S/C15H17N3S/c1-2-5-10-8-13-14(9-16-10)19-15-17-11-6-3-4-7-12(11)18(13)15/h3-4,6-7,10,16H,2,5,8-9H2,1H3. The van der Waals surface area contributed by atoms with Crippen molar-refractivity contribution in [1.82, 2.24) is 14.7 Å². The minimum atomic E-state index is 0.622. The van der Waals surface area contributed by atoms with Gasteiger partial charge in [-0.15, -0.1) is 0 Å². The Labute approximate surface area is 116 Å². The third kappa shape index (κ3) is 1.70. The molecule has 1 aromatic carbocycles. The first-order valence-corrected chi connectivity index (χ1v) is 7.79. The van der Waals surface area contributed by atoms with E-state index in [9.17, 15) is 0 Å². The van der Waals surface area contributed by atoms with Crippen molar-refractivity contribution in [2.24, 2.45) is 0 Å². The van der Waals surface area contributed by atoms with Gasteiger partial charge in [0, 0.05) is 29.6 Å². The average Bonchev–Trinajstić information content (AvgIpc) is 2.94. The fourth-order valence-corrected chi connectivity index (χ4v) is 4.18. The summed E-state index contributed by atoms with van der Waals surface area (Å²) in [5, 5.41) is 3.64. The maximum absolute atomic E-state index is 4.74. The molecule has 3 heterocycles. The Balaban J connectivity index is 1.91. The lowest BCUT2D eigenvalue weighted by Crippen LogP contribution is -2.35. The molecule has 0 aliphatic carbocycles.